The van der Waals surface area contributed by atoms with Crippen LogP contribution in [-0.4, -0.2) is 32.6 Å². The molecule has 0 unspecified atom stereocenters. The van der Waals surface area contributed by atoms with E-state index in [1.165, 1.54) is 12.3 Å². The summed E-state index contributed by atoms with van der Waals surface area (Å²) in [7, 11) is 0. The Morgan fingerprint density at radius 2 is 2.05 bits per heavy atom. The van der Waals surface area contributed by atoms with Crippen molar-refractivity contribution in [1.29, 1.82) is 0 Å². The molecule has 0 bridgehead atoms. The molecule has 0 N–H and O–H groups in total. The fourth-order valence-electron chi connectivity index (χ4n) is 2.70. The summed E-state index contributed by atoms with van der Waals surface area (Å²) in [5.74, 6) is 1.32. The molecular formula is C15H19N5O. The van der Waals surface area contributed by atoms with E-state index >= 15 is 0 Å². The maximum absolute atomic E-state index is 11.7. The molecule has 0 aromatic carbocycles. The second-order valence-electron chi connectivity index (χ2n) is 5.50. The summed E-state index contributed by atoms with van der Waals surface area (Å²) in [6, 6.07) is 3.42. The van der Waals surface area contributed by atoms with Crippen LogP contribution < -0.4 is 10.5 Å². The van der Waals surface area contributed by atoms with Gasteiger partial charge in [-0.25, -0.2) is 15.0 Å². The molecule has 1 fully saturated rings. The molecule has 3 heterocycles. The van der Waals surface area contributed by atoms with Gasteiger partial charge in [0.25, 0.3) is 5.56 Å². The minimum Gasteiger partial charge on any atom is -0.341 e. The fourth-order valence-corrected chi connectivity index (χ4v) is 2.70. The zero-order valence-corrected chi connectivity index (χ0v) is 12.1. The van der Waals surface area contributed by atoms with Crippen LogP contribution in [0.3, 0.4) is 0 Å². The van der Waals surface area contributed by atoms with Gasteiger partial charge in [0.15, 0.2) is 0 Å². The lowest BCUT2D eigenvalue weighted by atomic mass is 9.97. The molecule has 2 aromatic rings. The molecule has 6 nitrogen and oxygen atoms in total. The lowest BCUT2D eigenvalue weighted by molar-refractivity contribution is 0.349. The first-order chi connectivity index (χ1) is 10.2. The van der Waals surface area contributed by atoms with Crippen LogP contribution in [0.5, 0.6) is 0 Å². The monoisotopic (exact) mass is 285 g/mol. The third kappa shape index (κ3) is 3.26. The molecule has 1 saturated heterocycles. The van der Waals surface area contributed by atoms with Gasteiger partial charge in [-0.05, 0) is 31.7 Å². The van der Waals surface area contributed by atoms with Crippen LogP contribution >= 0.6 is 0 Å². The van der Waals surface area contributed by atoms with Crippen LogP contribution in [0.2, 0.25) is 0 Å². The van der Waals surface area contributed by atoms with Gasteiger partial charge in [-0.3, -0.25) is 9.36 Å². The Labute approximate surface area is 123 Å². The number of piperidine rings is 1. The van der Waals surface area contributed by atoms with Crippen molar-refractivity contribution < 1.29 is 0 Å². The fraction of sp³-hybridized carbons (Fsp3) is 0.467. The van der Waals surface area contributed by atoms with Gasteiger partial charge < -0.3 is 4.90 Å². The summed E-state index contributed by atoms with van der Waals surface area (Å²) in [5, 5.41) is 0. The molecule has 0 saturated carbocycles. The summed E-state index contributed by atoms with van der Waals surface area (Å²) in [5.41, 5.74) is 1.01. The van der Waals surface area contributed by atoms with E-state index < -0.39 is 0 Å². The van der Waals surface area contributed by atoms with E-state index in [-0.39, 0.29) is 5.56 Å². The molecule has 1 aliphatic heterocycles. The Bertz CT molecular complexity index is 661. The Morgan fingerprint density at radius 3 is 2.76 bits per heavy atom. The SMILES string of the molecule is Cc1ccnc(N2CCC(Cn3cnccc3=O)CC2)n1. The zero-order chi connectivity index (χ0) is 14.7. The van der Waals surface area contributed by atoms with Crippen LogP contribution in [0, 0.1) is 12.8 Å². The highest BCUT2D eigenvalue weighted by Crippen LogP contribution is 2.21. The molecule has 21 heavy (non-hydrogen) atoms. The molecule has 0 amide bonds. The molecule has 0 radical (unpaired) electrons. The summed E-state index contributed by atoms with van der Waals surface area (Å²) in [4.78, 5) is 26.7. The minimum atomic E-state index is 0.0226. The van der Waals surface area contributed by atoms with E-state index in [2.05, 4.69) is 19.9 Å². The number of nitrogens with zero attached hydrogens (tertiary/aromatic N) is 5. The summed E-state index contributed by atoms with van der Waals surface area (Å²) < 4.78 is 1.70. The van der Waals surface area contributed by atoms with Gasteiger partial charge in [0.05, 0.1) is 6.33 Å². The zero-order valence-electron chi connectivity index (χ0n) is 12.1. The number of aryl methyl sites for hydroxylation is 1. The van der Waals surface area contributed by atoms with Gasteiger partial charge in [0.2, 0.25) is 5.95 Å². The first kappa shape index (κ1) is 13.7. The van der Waals surface area contributed by atoms with Gasteiger partial charge in [-0.2, -0.15) is 0 Å². The molecular weight excluding hydrogens is 266 g/mol. The average molecular weight is 285 g/mol. The average Bonchev–Trinajstić information content (AvgIpc) is 2.50. The maximum Gasteiger partial charge on any atom is 0.253 e. The van der Waals surface area contributed by atoms with Crippen molar-refractivity contribution in [2.75, 3.05) is 18.0 Å². The van der Waals surface area contributed by atoms with Crippen molar-refractivity contribution in [3.05, 3.63) is 46.9 Å². The predicted molar refractivity (Wildman–Crippen MR) is 80.2 cm³/mol. The number of rotatable bonds is 3. The quantitative estimate of drug-likeness (QED) is 0.849. The van der Waals surface area contributed by atoms with E-state index in [1.807, 2.05) is 13.0 Å². The number of aromatic nitrogens is 4. The lowest BCUT2D eigenvalue weighted by Gasteiger charge is -2.32. The smallest absolute Gasteiger partial charge is 0.253 e. The Hall–Kier alpha value is -2.24. The largest absolute Gasteiger partial charge is 0.341 e. The molecule has 6 heteroatoms. The third-order valence-corrected chi connectivity index (χ3v) is 3.93. The Balaban J connectivity index is 1.61. The topological polar surface area (TPSA) is 63.9 Å². The summed E-state index contributed by atoms with van der Waals surface area (Å²) in [6.07, 6.45) is 7.05. The van der Waals surface area contributed by atoms with E-state index in [9.17, 15) is 4.79 Å². The van der Waals surface area contributed by atoms with Crippen LogP contribution in [-0.2, 0) is 6.54 Å². The van der Waals surface area contributed by atoms with E-state index in [0.717, 1.165) is 44.1 Å². The standard InChI is InChI=1S/C15H19N5O/c1-12-2-7-17-15(18-12)19-8-4-13(5-9-19)10-20-11-16-6-3-14(20)21/h2-3,6-7,11,13H,4-5,8-10H2,1H3. The number of hydrogen-bond acceptors (Lipinski definition) is 5. The van der Waals surface area contributed by atoms with E-state index in [1.54, 1.807) is 17.1 Å². The number of anilines is 1. The highest BCUT2D eigenvalue weighted by Gasteiger charge is 2.21. The van der Waals surface area contributed by atoms with Gasteiger partial charge >= 0.3 is 0 Å². The van der Waals surface area contributed by atoms with Crippen LogP contribution in [0.4, 0.5) is 5.95 Å². The highest BCUT2D eigenvalue weighted by molar-refractivity contribution is 5.30. The predicted octanol–water partition coefficient (Wildman–Crippen LogP) is 1.26. The van der Waals surface area contributed by atoms with Crippen molar-refractivity contribution in [1.82, 2.24) is 19.5 Å². The van der Waals surface area contributed by atoms with Crippen LogP contribution in [0.1, 0.15) is 18.5 Å². The molecule has 3 rings (SSSR count). The molecule has 1 aliphatic rings. The van der Waals surface area contributed by atoms with E-state index in [0.29, 0.717) is 5.92 Å². The molecule has 0 atom stereocenters. The molecule has 110 valence electrons. The summed E-state index contributed by atoms with van der Waals surface area (Å²) >= 11 is 0. The van der Waals surface area contributed by atoms with Crippen molar-refractivity contribution in [3.8, 4) is 0 Å². The third-order valence-electron chi connectivity index (χ3n) is 3.93. The minimum absolute atomic E-state index is 0.0226. The lowest BCUT2D eigenvalue weighted by Crippen LogP contribution is -2.37. The van der Waals surface area contributed by atoms with Crippen molar-refractivity contribution in [2.45, 2.75) is 26.3 Å². The van der Waals surface area contributed by atoms with Crippen molar-refractivity contribution in [3.63, 3.8) is 0 Å². The normalized spacial score (nSPS) is 16.1. The molecule has 0 aliphatic carbocycles. The first-order valence-electron chi connectivity index (χ1n) is 7.27. The second-order valence-corrected chi connectivity index (χ2v) is 5.50. The molecule has 2 aromatic heterocycles. The second kappa shape index (κ2) is 6.03. The first-order valence-corrected chi connectivity index (χ1v) is 7.27. The van der Waals surface area contributed by atoms with Gasteiger partial charge in [-0.1, -0.05) is 0 Å². The maximum atomic E-state index is 11.7. The Morgan fingerprint density at radius 1 is 1.24 bits per heavy atom. The van der Waals surface area contributed by atoms with Crippen molar-refractivity contribution in [2.24, 2.45) is 5.92 Å². The van der Waals surface area contributed by atoms with Gasteiger partial charge in [-0.15, -0.1) is 0 Å². The van der Waals surface area contributed by atoms with Crippen LogP contribution in [0.25, 0.3) is 0 Å². The summed E-state index contributed by atoms with van der Waals surface area (Å²) in [6.45, 7) is 4.59. The van der Waals surface area contributed by atoms with Crippen LogP contribution in [0.15, 0.2) is 35.6 Å². The van der Waals surface area contributed by atoms with Gasteiger partial charge in [0.1, 0.15) is 0 Å². The highest BCUT2D eigenvalue weighted by atomic mass is 16.1. The molecule has 0 spiro atoms. The van der Waals surface area contributed by atoms with Gasteiger partial charge in [0, 0.05) is 43.8 Å². The Kier molecular flexibility index (Phi) is 3.94. The van der Waals surface area contributed by atoms with Crippen molar-refractivity contribution >= 4 is 5.95 Å². The number of hydrogen-bond donors (Lipinski definition) is 0. The van der Waals surface area contributed by atoms with E-state index in [4.69, 9.17) is 0 Å².